The predicted octanol–water partition coefficient (Wildman–Crippen LogP) is 0.928. The van der Waals surface area contributed by atoms with E-state index < -0.39 is 10.0 Å². The number of rotatable bonds is 6. The van der Waals surface area contributed by atoms with E-state index in [2.05, 4.69) is 31.2 Å². The molecule has 1 amide bonds. The predicted molar refractivity (Wildman–Crippen MR) is 82.2 cm³/mol. The van der Waals surface area contributed by atoms with Crippen LogP contribution in [-0.2, 0) is 27.7 Å². The fraction of sp³-hybridized carbons (Fsp3) is 0.533. The third-order valence-electron chi connectivity index (χ3n) is 3.86. The van der Waals surface area contributed by atoms with E-state index in [0.717, 1.165) is 12.8 Å². The van der Waals surface area contributed by atoms with Gasteiger partial charge in [-0.3, -0.25) is 4.79 Å². The molecule has 1 aromatic rings. The van der Waals surface area contributed by atoms with Crippen molar-refractivity contribution in [3.63, 3.8) is 0 Å². The fourth-order valence-electron chi connectivity index (χ4n) is 2.72. The number of hydrogen-bond donors (Lipinski definition) is 1. The SMILES string of the molecule is CCc1ccc(CCN2CC(CS(N)(=O)=O)CC2=O)cc1. The Bertz CT molecular complexity index is 596. The van der Waals surface area contributed by atoms with E-state index in [9.17, 15) is 13.2 Å². The molecule has 0 bridgehead atoms. The van der Waals surface area contributed by atoms with Gasteiger partial charge in [-0.15, -0.1) is 0 Å². The van der Waals surface area contributed by atoms with Gasteiger partial charge in [0.25, 0.3) is 0 Å². The fourth-order valence-corrected chi connectivity index (χ4v) is 3.60. The summed E-state index contributed by atoms with van der Waals surface area (Å²) >= 11 is 0. The van der Waals surface area contributed by atoms with Crippen molar-refractivity contribution in [1.29, 1.82) is 0 Å². The van der Waals surface area contributed by atoms with Crippen LogP contribution in [0.15, 0.2) is 24.3 Å². The minimum absolute atomic E-state index is 0.0221. The molecule has 1 heterocycles. The average molecular weight is 310 g/mol. The van der Waals surface area contributed by atoms with Crippen molar-refractivity contribution in [3.05, 3.63) is 35.4 Å². The van der Waals surface area contributed by atoms with Crippen molar-refractivity contribution in [2.45, 2.75) is 26.2 Å². The first kappa shape index (κ1) is 16.0. The van der Waals surface area contributed by atoms with Crippen LogP contribution in [-0.4, -0.2) is 38.1 Å². The van der Waals surface area contributed by atoms with Crippen LogP contribution in [0.4, 0.5) is 0 Å². The maximum Gasteiger partial charge on any atom is 0.222 e. The van der Waals surface area contributed by atoms with Gasteiger partial charge in [0.1, 0.15) is 0 Å². The average Bonchev–Trinajstić information content (AvgIpc) is 2.74. The van der Waals surface area contributed by atoms with Gasteiger partial charge in [0.05, 0.1) is 5.75 Å². The Balaban J connectivity index is 1.87. The van der Waals surface area contributed by atoms with Gasteiger partial charge in [-0.1, -0.05) is 31.2 Å². The molecule has 2 rings (SSSR count). The summed E-state index contributed by atoms with van der Waals surface area (Å²) in [6.45, 7) is 3.23. The minimum Gasteiger partial charge on any atom is -0.342 e. The first-order valence-corrected chi connectivity index (χ1v) is 8.95. The van der Waals surface area contributed by atoms with Crippen LogP contribution >= 0.6 is 0 Å². The number of amides is 1. The van der Waals surface area contributed by atoms with Gasteiger partial charge in [-0.25, -0.2) is 13.6 Å². The summed E-state index contributed by atoms with van der Waals surface area (Å²) in [5.41, 5.74) is 2.49. The second-order valence-corrected chi connectivity index (χ2v) is 7.32. The molecule has 0 radical (unpaired) electrons. The lowest BCUT2D eigenvalue weighted by molar-refractivity contribution is -0.127. The summed E-state index contributed by atoms with van der Waals surface area (Å²) in [6.07, 6.45) is 2.09. The molecular weight excluding hydrogens is 288 g/mol. The van der Waals surface area contributed by atoms with E-state index in [4.69, 9.17) is 5.14 Å². The molecule has 1 unspecified atom stereocenters. The van der Waals surface area contributed by atoms with Crippen LogP contribution in [0, 0.1) is 5.92 Å². The molecule has 0 aromatic heterocycles. The molecule has 21 heavy (non-hydrogen) atoms. The van der Waals surface area contributed by atoms with E-state index in [1.54, 1.807) is 4.90 Å². The van der Waals surface area contributed by atoms with Gasteiger partial charge in [-0.05, 0) is 24.0 Å². The smallest absolute Gasteiger partial charge is 0.222 e. The van der Waals surface area contributed by atoms with Crippen molar-refractivity contribution in [1.82, 2.24) is 4.90 Å². The number of primary sulfonamides is 1. The number of hydrogen-bond acceptors (Lipinski definition) is 3. The lowest BCUT2D eigenvalue weighted by Crippen LogP contribution is -2.29. The largest absolute Gasteiger partial charge is 0.342 e. The maximum absolute atomic E-state index is 11.9. The lowest BCUT2D eigenvalue weighted by atomic mass is 10.1. The summed E-state index contributed by atoms with van der Waals surface area (Å²) < 4.78 is 22.2. The highest BCUT2D eigenvalue weighted by Crippen LogP contribution is 2.19. The van der Waals surface area contributed by atoms with Crippen LogP contribution < -0.4 is 5.14 Å². The molecule has 0 aliphatic carbocycles. The lowest BCUT2D eigenvalue weighted by Gasteiger charge is -2.16. The second-order valence-electron chi connectivity index (χ2n) is 5.66. The molecule has 5 nitrogen and oxygen atoms in total. The quantitative estimate of drug-likeness (QED) is 0.848. The highest BCUT2D eigenvalue weighted by molar-refractivity contribution is 7.89. The molecule has 1 aromatic carbocycles. The Morgan fingerprint density at radius 1 is 1.24 bits per heavy atom. The first-order chi connectivity index (χ1) is 9.87. The molecule has 116 valence electrons. The highest BCUT2D eigenvalue weighted by Gasteiger charge is 2.31. The number of sulfonamides is 1. The van der Waals surface area contributed by atoms with E-state index >= 15 is 0 Å². The molecule has 2 N–H and O–H groups in total. The van der Waals surface area contributed by atoms with Crippen LogP contribution in [0.25, 0.3) is 0 Å². The Kier molecular flexibility index (Phi) is 5.00. The molecule has 0 spiro atoms. The summed E-state index contributed by atoms with van der Waals surface area (Å²) in [5, 5.41) is 5.04. The highest BCUT2D eigenvalue weighted by atomic mass is 32.2. The molecular formula is C15H22N2O3S. The van der Waals surface area contributed by atoms with Gasteiger partial charge in [0.2, 0.25) is 15.9 Å². The number of likely N-dealkylation sites (tertiary alicyclic amines) is 1. The number of nitrogens with zero attached hydrogens (tertiary/aromatic N) is 1. The Hall–Kier alpha value is -1.40. The minimum atomic E-state index is -3.51. The summed E-state index contributed by atoms with van der Waals surface area (Å²) in [6, 6.07) is 8.37. The number of benzene rings is 1. The van der Waals surface area contributed by atoms with Gasteiger partial charge in [0.15, 0.2) is 0 Å². The zero-order valence-corrected chi connectivity index (χ0v) is 13.1. The zero-order valence-electron chi connectivity index (χ0n) is 12.3. The van der Waals surface area contributed by atoms with Crippen molar-refractivity contribution in [3.8, 4) is 0 Å². The summed E-state index contributed by atoms with van der Waals surface area (Å²) in [7, 11) is -3.51. The zero-order chi connectivity index (χ0) is 15.5. The van der Waals surface area contributed by atoms with Crippen LogP contribution in [0.3, 0.4) is 0 Å². The third kappa shape index (κ3) is 4.82. The van der Waals surface area contributed by atoms with Crippen molar-refractivity contribution in [2.75, 3.05) is 18.8 Å². The van der Waals surface area contributed by atoms with E-state index in [-0.39, 0.29) is 24.0 Å². The normalized spacial score (nSPS) is 19.2. The maximum atomic E-state index is 11.9. The first-order valence-electron chi connectivity index (χ1n) is 7.23. The molecule has 6 heteroatoms. The molecule has 1 atom stereocenters. The van der Waals surface area contributed by atoms with Crippen molar-refractivity contribution in [2.24, 2.45) is 11.1 Å². The van der Waals surface area contributed by atoms with Crippen LogP contribution in [0.2, 0.25) is 0 Å². The van der Waals surface area contributed by atoms with Crippen LogP contribution in [0.1, 0.15) is 24.5 Å². The molecule has 0 saturated carbocycles. The molecule has 1 aliphatic rings. The van der Waals surface area contributed by atoms with Crippen molar-refractivity contribution >= 4 is 15.9 Å². The molecule has 1 aliphatic heterocycles. The number of carbonyl (C=O) groups excluding carboxylic acids is 1. The van der Waals surface area contributed by atoms with Crippen molar-refractivity contribution < 1.29 is 13.2 Å². The van der Waals surface area contributed by atoms with E-state index in [0.29, 0.717) is 13.1 Å². The standard InChI is InChI=1S/C15H22N2O3S/c1-2-12-3-5-13(6-4-12)7-8-17-10-14(9-15(17)18)11-21(16,19)20/h3-6,14H,2,7-11H2,1H3,(H2,16,19,20). The topological polar surface area (TPSA) is 80.5 Å². The molecule has 1 saturated heterocycles. The van der Waals surface area contributed by atoms with E-state index in [1.165, 1.54) is 11.1 Å². The second kappa shape index (κ2) is 6.58. The van der Waals surface area contributed by atoms with Crippen LogP contribution in [0.5, 0.6) is 0 Å². The number of aryl methyl sites for hydroxylation is 1. The summed E-state index contributed by atoms with van der Waals surface area (Å²) in [4.78, 5) is 13.6. The Morgan fingerprint density at radius 3 is 2.43 bits per heavy atom. The number of nitrogens with two attached hydrogens (primary N) is 1. The Morgan fingerprint density at radius 2 is 1.86 bits per heavy atom. The van der Waals surface area contributed by atoms with Gasteiger partial charge in [0, 0.05) is 25.4 Å². The van der Waals surface area contributed by atoms with Gasteiger partial charge >= 0.3 is 0 Å². The van der Waals surface area contributed by atoms with Gasteiger partial charge in [-0.2, -0.15) is 0 Å². The van der Waals surface area contributed by atoms with E-state index in [1.807, 2.05) is 0 Å². The third-order valence-corrected chi connectivity index (χ3v) is 4.80. The number of carbonyl (C=O) groups is 1. The van der Waals surface area contributed by atoms with Gasteiger partial charge < -0.3 is 4.90 Å². The summed E-state index contributed by atoms with van der Waals surface area (Å²) in [5.74, 6) is -0.260. The monoisotopic (exact) mass is 310 g/mol. The Labute approximate surface area is 126 Å². The molecule has 1 fully saturated rings.